The summed E-state index contributed by atoms with van der Waals surface area (Å²) in [5.74, 6) is 0.941. The molecule has 4 nitrogen and oxygen atoms in total. The summed E-state index contributed by atoms with van der Waals surface area (Å²) in [6, 6.07) is 11.5. The number of benzene rings is 1. The normalized spacial score (nSPS) is 25.5. The van der Waals surface area contributed by atoms with Gasteiger partial charge in [0.1, 0.15) is 11.9 Å². The zero-order valence-corrected chi connectivity index (χ0v) is 14.0. The standard InChI is InChI=1S/C19H19ClN2O2/c20-14-3-1-2-13(10-14)19(23)22-15-4-5-16(22)12-18(11-15)24-17-6-8-21-9-7-17/h1-3,6-10,15-16,18H,4-5,11-12H2. The Morgan fingerprint density at radius 3 is 2.50 bits per heavy atom. The van der Waals surface area contributed by atoms with Gasteiger partial charge in [0, 0.05) is 47.9 Å². The van der Waals surface area contributed by atoms with E-state index in [9.17, 15) is 4.79 Å². The van der Waals surface area contributed by atoms with Gasteiger partial charge in [-0.15, -0.1) is 0 Å². The van der Waals surface area contributed by atoms with E-state index in [1.54, 1.807) is 24.5 Å². The molecule has 3 heterocycles. The Hall–Kier alpha value is -2.07. The van der Waals surface area contributed by atoms with E-state index in [-0.39, 0.29) is 24.1 Å². The van der Waals surface area contributed by atoms with Gasteiger partial charge in [0.2, 0.25) is 0 Å². The monoisotopic (exact) mass is 342 g/mol. The molecule has 5 heteroatoms. The van der Waals surface area contributed by atoms with Crippen molar-refractivity contribution in [1.29, 1.82) is 0 Å². The highest BCUT2D eigenvalue weighted by atomic mass is 35.5. The maximum Gasteiger partial charge on any atom is 0.254 e. The average Bonchev–Trinajstić information content (AvgIpc) is 2.86. The van der Waals surface area contributed by atoms with Gasteiger partial charge >= 0.3 is 0 Å². The van der Waals surface area contributed by atoms with Crippen LogP contribution >= 0.6 is 11.6 Å². The first-order chi connectivity index (χ1) is 11.7. The number of amides is 1. The lowest BCUT2D eigenvalue weighted by molar-refractivity contribution is 0.0359. The second kappa shape index (κ2) is 6.44. The number of carbonyl (C=O) groups is 1. The molecular formula is C19H19ClN2O2. The van der Waals surface area contributed by atoms with Crippen molar-refractivity contribution in [3.05, 3.63) is 59.4 Å². The fraction of sp³-hybridized carbons (Fsp3) is 0.368. The molecule has 2 bridgehead atoms. The Kier molecular flexibility index (Phi) is 4.15. The van der Waals surface area contributed by atoms with Crippen LogP contribution < -0.4 is 4.74 Å². The van der Waals surface area contributed by atoms with E-state index in [4.69, 9.17) is 16.3 Å². The second-order valence-corrected chi connectivity index (χ2v) is 6.94. The zero-order chi connectivity index (χ0) is 16.5. The number of hydrogen-bond donors (Lipinski definition) is 0. The molecule has 2 saturated heterocycles. The van der Waals surface area contributed by atoms with Gasteiger partial charge in [-0.25, -0.2) is 0 Å². The molecular weight excluding hydrogens is 324 g/mol. The number of aromatic nitrogens is 1. The third-order valence-electron chi connectivity index (χ3n) is 4.95. The number of pyridine rings is 1. The van der Waals surface area contributed by atoms with Crippen LogP contribution in [0.25, 0.3) is 0 Å². The van der Waals surface area contributed by atoms with Gasteiger partial charge in [0.15, 0.2) is 0 Å². The molecule has 2 aliphatic heterocycles. The van der Waals surface area contributed by atoms with E-state index in [2.05, 4.69) is 9.88 Å². The highest BCUT2D eigenvalue weighted by molar-refractivity contribution is 6.30. The molecule has 4 rings (SSSR count). The lowest BCUT2D eigenvalue weighted by Crippen LogP contribution is -2.49. The van der Waals surface area contributed by atoms with Crippen LogP contribution in [0.2, 0.25) is 5.02 Å². The predicted octanol–water partition coefficient (Wildman–Crippen LogP) is 3.95. The van der Waals surface area contributed by atoms with Gasteiger partial charge in [-0.1, -0.05) is 17.7 Å². The molecule has 2 unspecified atom stereocenters. The molecule has 24 heavy (non-hydrogen) atoms. The summed E-state index contributed by atoms with van der Waals surface area (Å²) in [6.45, 7) is 0. The van der Waals surface area contributed by atoms with Crippen LogP contribution in [0.1, 0.15) is 36.0 Å². The summed E-state index contributed by atoms with van der Waals surface area (Å²) in [6.07, 6.45) is 7.49. The van der Waals surface area contributed by atoms with Crippen molar-refractivity contribution in [3.63, 3.8) is 0 Å². The molecule has 2 fully saturated rings. The van der Waals surface area contributed by atoms with Gasteiger partial charge in [0.05, 0.1) is 0 Å². The molecule has 2 aromatic rings. The van der Waals surface area contributed by atoms with Gasteiger partial charge in [-0.2, -0.15) is 0 Å². The minimum atomic E-state index is 0.0901. The summed E-state index contributed by atoms with van der Waals surface area (Å²) in [5, 5.41) is 0.601. The molecule has 0 radical (unpaired) electrons. The van der Waals surface area contributed by atoms with Gasteiger partial charge in [-0.05, 0) is 43.2 Å². The molecule has 1 aromatic heterocycles. The van der Waals surface area contributed by atoms with E-state index in [1.165, 1.54) is 0 Å². The molecule has 0 saturated carbocycles. The van der Waals surface area contributed by atoms with Crippen molar-refractivity contribution in [2.24, 2.45) is 0 Å². The van der Waals surface area contributed by atoms with Crippen molar-refractivity contribution in [1.82, 2.24) is 9.88 Å². The molecule has 2 aliphatic rings. The maximum absolute atomic E-state index is 12.9. The maximum atomic E-state index is 12.9. The first-order valence-corrected chi connectivity index (χ1v) is 8.73. The summed E-state index contributed by atoms with van der Waals surface area (Å²) < 4.78 is 6.09. The molecule has 1 amide bonds. The molecule has 124 valence electrons. The number of carbonyl (C=O) groups excluding carboxylic acids is 1. The number of hydrogen-bond acceptors (Lipinski definition) is 3. The summed E-state index contributed by atoms with van der Waals surface area (Å²) in [7, 11) is 0. The minimum absolute atomic E-state index is 0.0901. The predicted molar refractivity (Wildman–Crippen MR) is 92.3 cm³/mol. The number of fused-ring (bicyclic) bond motifs is 2. The number of nitrogens with zero attached hydrogens (tertiary/aromatic N) is 2. The Balaban J connectivity index is 1.48. The van der Waals surface area contributed by atoms with Crippen LogP contribution in [0.4, 0.5) is 0 Å². The minimum Gasteiger partial charge on any atom is -0.490 e. The van der Waals surface area contributed by atoms with E-state index < -0.39 is 0 Å². The van der Waals surface area contributed by atoms with Crippen LogP contribution in [0.5, 0.6) is 5.75 Å². The number of ether oxygens (including phenoxy) is 1. The van der Waals surface area contributed by atoms with Gasteiger partial charge < -0.3 is 9.64 Å². The fourth-order valence-electron chi connectivity index (χ4n) is 3.93. The van der Waals surface area contributed by atoms with Crippen molar-refractivity contribution < 1.29 is 9.53 Å². The first-order valence-electron chi connectivity index (χ1n) is 8.35. The van der Waals surface area contributed by atoms with Crippen LogP contribution in [0.3, 0.4) is 0 Å². The lowest BCUT2D eigenvalue weighted by atomic mass is 9.98. The van der Waals surface area contributed by atoms with Crippen molar-refractivity contribution in [2.45, 2.75) is 43.9 Å². The smallest absolute Gasteiger partial charge is 0.254 e. The van der Waals surface area contributed by atoms with Crippen molar-refractivity contribution in [2.75, 3.05) is 0 Å². The molecule has 0 aliphatic carbocycles. The largest absolute Gasteiger partial charge is 0.490 e. The molecule has 2 atom stereocenters. The van der Waals surface area contributed by atoms with Crippen LogP contribution in [0, 0.1) is 0 Å². The highest BCUT2D eigenvalue weighted by Crippen LogP contribution is 2.38. The molecule has 0 spiro atoms. The van der Waals surface area contributed by atoms with E-state index in [0.29, 0.717) is 10.6 Å². The van der Waals surface area contributed by atoms with Crippen LogP contribution in [-0.2, 0) is 0 Å². The fourth-order valence-corrected chi connectivity index (χ4v) is 4.13. The molecule has 0 N–H and O–H groups in total. The Morgan fingerprint density at radius 2 is 1.83 bits per heavy atom. The summed E-state index contributed by atoms with van der Waals surface area (Å²) >= 11 is 6.03. The summed E-state index contributed by atoms with van der Waals surface area (Å²) in [4.78, 5) is 19.0. The van der Waals surface area contributed by atoms with Gasteiger partial charge in [0.25, 0.3) is 5.91 Å². The lowest BCUT2D eigenvalue weighted by Gasteiger charge is -2.39. The topological polar surface area (TPSA) is 42.4 Å². The van der Waals surface area contributed by atoms with E-state index in [1.807, 2.05) is 24.3 Å². The second-order valence-electron chi connectivity index (χ2n) is 6.50. The van der Waals surface area contributed by atoms with Crippen molar-refractivity contribution in [3.8, 4) is 5.75 Å². The summed E-state index contributed by atoms with van der Waals surface area (Å²) in [5.41, 5.74) is 0.674. The third kappa shape index (κ3) is 2.98. The van der Waals surface area contributed by atoms with Crippen LogP contribution in [-0.4, -0.2) is 34.0 Å². The van der Waals surface area contributed by atoms with E-state index >= 15 is 0 Å². The van der Waals surface area contributed by atoms with Crippen molar-refractivity contribution >= 4 is 17.5 Å². The van der Waals surface area contributed by atoms with E-state index in [0.717, 1.165) is 31.4 Å². The number of piperidine rings is 1. The Labute approximate surface area is 146 Å². The quantitative estimate of drug-likeness (QED) is 0.848. The Morgan fingerprint density at radius 1 is 1.12 bits per heavy atom. The third-order valence-corrected chi connectivity index (χ3v) is 5.18. The SMILES string of the molecule is O=C(c1cccc(Cl)c1)N1C2CCC1CC(Oc1ccncc1)C2. The van der Waals surface area contributed by atoms with Gasteiger partial charge in [-0.3, -0.25) is 9.78 Å². The Bertz CT molecular complexity index is 723. The molecule has 1 aromatic carbocycles. The zero-order valence-electron chi connectivity index (χ0n) is 13.3. The van der Waals surface area contributed by atoms with Crippen LogP contribution in [0.15, 0.2) is 48.8 Å². The number of rotatable bonds is 3. The number of halogens is 1. The highest BCUT2D eigenvalue weighted by Gasteiger charge is 2.44. The first kappa shape index (κ1) is 15.5. The average molecular weight is 343 g/mol.